The minimum absolute atomic E-state index is 0.328. The van der Waals surface area contributed by atoms with Gasteiger partial charge in [-0.15, -0.1) is 0 Å². The Balaban J connectivity index is 1.86. The number of rotatable bonds is 4. The van der Waals surface area contributed by atoms with Crippen LogP contribution >= 0.6 is 0 Å². The van der Waals surface area contributed by atoms with E-state index in [0.29, 0.717) is 6.10 Å². The lowest BCUT2D eigenvalue weighted by Gasteiger charge is -2.28. The molecule has 0 saturated carbocycles. The number of pyridine rings is 1. The number of likely N-dealkylation sites (tertiary alicyclic amines) is 1. The minimum atomic E-state index is 0.328. The van der Waals surface area contributed by atoms with Crippen LogP contribution in [0.2, 0.25) is 0 Å². The van der Waals surface area contributed by atoms with Crippen molar-refractivity contribution >= 4 is 0 Å². The van der Waals surface area contributed by atoms with Crippen LogP contribution in [0.15, 0.2) is 18.3 Å². The first-order valence-corrected chi connectivity index (χ1v) is 6.22. The molecule has 0 amide bonds. The highest BCUT2D eigenvalue weighted by atomic mass is 16.5. The van der Waals surface area contributed by atoms with Crippen LogP contribution < -0.4 is 10.1 Å². The highest BCUT2D eigenvalue weighted by molar-refractivity contribution is 5.17. The van der Waals surface area contributed by atoms with Crippen LogP contribution in [-0.4, -0.2) is 43.2 Å². The van der Waals surface area contributed by atoms with Gasteiger partial charge in [0.15, 0.2) is 0 Å². The molecule has 0 aliphatic carbocycles. The molecule has 4 heteroatoms. The van der Waals surface area contributed by atoms with E-state index in [9.17, 15) is 0 Å². The normalized spacial score (nSPS) is 18.2. The van der Waals surface area contributed by atoms with Crippen molar-refractivity contribution in [3.8, 4) is 5.88 Å². The third kappa shape index (κ3) is 3.68. The monoisotopic (exact) mass is 235 g/mol. The van der Waals surface area contributed by atoms with Gasteiger partial charge in [-0.1, -0.05) is 6.07 Å². The molecule has 1 aliphatic heterocycles. The first-order valence-electron chi connectivity index (χ1n) is 6.22. The van der Waals surface area contributed by atoms with Crippen LogP contribution in [0.5, 0.6) is 5.88 Å². The van der Waals surface area contributed by atoms with Crippen molar-refractivity contribution in [2.45, 2.75) is 25.5 Å². The molecule has 17 heavy (non-hydrogen) atoms. The van der Waals surface area contributed by atoms with Crippen molar-refractivity contribution in [1.82, 2.24) is 15.2 Å². The van der Waals surface area contributed by atoms with Crippen LogP contribution in [0.1, 0.15) is 18.4 Å². The number of nitrogens with zero attached hydrogens (tertiary/aromatic N) is 2. The molecule has 2 heterocycles. The summed E-state index contributed by atoms with van der Waals surface area (Å²) < 4.78 is 5.88. The molecule has 1 N–H and O–H groups in total. The number of hydrogen-bond donors (Lipinski definition) is 1. The summed E-state index contributed by atoms with van der Waals surface area (Å²) in [6.45, 7) is 3.08. The molecule has 1 fully saturated rings. The van der Waals surface area contributed by atoms with Crippen LogP contribution in [0.3, 0.4) is 0 Å². The minimum Gasteiger partial charge on any atom is -0.474 e. The second-order valence-corrected chi connectivity index (χ2v) is 4.66. The summed E-state index contributed by atoms with van der Waals surface area (Å²) in [5.41, 5.74) is 1.18. The van der Waals surface area contributed by atoms with Crippen molar-refractivity contribution in [3.63, 3.8) is 0 Å². The van der Waals surface area contributed by atoms with E-state index in [1.165, 1.54) is 5.56 Å². The Labute approximate surface area is 103 Å². The Kier molecular flexibility index (Phi) is 4.34. The number of aromatic nitrogens is 1. The number of piperidine rings is 1. The standard InChI is InChI=1S/C13H21N3O/c1-14-9-11-3-4-13(15-10-11)17-12-5-7-16(2)8-6-12/h3-4,10,12,14H,5-9H2,1-2H3. The molecule has 0 aromatic carbocycles. The van der Waals surface area contributed by atoms with E-state index in [1.54, 1.807) is 0 Å². The lowest BCUT2D eigenvalue weighted by atomic mass is 10.1. The molecule has 0 atom stereocenters. The maximum atomic E-state index is 5.88. The predicted molar refractivity (Wildman–Crippen MR) is 68.1 cm³/mol. The van der Waals surface area contributed by atoms with E-state index in [1.807, 2.05) is 19.3 Å². The fourth-order valence-corrected chi connectivity index (χ4v) is 2.06. The van der Waals surface area contributed by atoms with Crippen molar-refractivity contribution in [2.24, 2.45) is 0 Å². The second-order valence-electron chi connectivity index (χ2n) is 4.66. The molecule has 1 aliphatic rings. The van der Waals surface area contributed by atoms with E-state index in [-0.39, 0.29) is 0 Å². The lowest BCUT2D eigenvalue weighted by molar-refractivity contribution is 0.110. The SMILES string of the molecule is CNCc1ccc(OC2CCN(C)CC2)nc1. The van der Waals surface area contributed by atoms with Gasteiger partial charge in [0.1, 0.15) is 6.10 Å². The zero-order chi connectivity index (χ0) is 12.1. The fourth-order valence-electron chi connectivity index (χ4n) is 2.06. The largest absolute Gasteiger partial charge is 0.474 e. The van der Waals surface area contributed by atoms with E-state index in [4.69, 9.17) is 4.74 Å². The molecular formula is C13H21N3O. The summed E-state index contributed by atoms with van der Waals surface area (Å²) in [6.07, 6.45) is 4.39. The molecule has 2 rings (SSSR count). The zero-order valence-corrected chi connectivity index (χ0v) is 10.6. The second kappa shape index (κ2) is 5.98. The maximum Gasteiger partial charge on any atom is 0.213 e. The molecule has 0 spiro atoms. The van der Waals surface area contributed by atoms with Gasteiger partial charge in [0.25, 0.3) is 0 Å². The van der Waals surface area contributed by atoms with Crippen LogP contribution in [0, 0.1) is 0 Å². The molecule has 1 aromatic rings. The van der Waals surface area contributed by atoms with Crippen LogP contribution in [-0.2, 0) is 6.54 Å². The van der Waals surface area contributed by atoms with Crippen LogP contribution in [0.4, 0.5) is 0 Å². The Morgan fingerprint density at radius 1 is 1.41 bits per heavy atom. The molecule has 1 saturated heterocycles. The van der Waals surface area contributed by atoms with E-state index < -0.39 is 0 Å². The van der Waals surface area contributed by atoms with Crippen LogP contribution in [0.25, 0.3) is 0 Å². The smallest absolute Gasteiger partial charge is 0.213 e. The topological polar surface area (TPSA) is 37.4 Å². The van der Waals surface area contributed by atoms with Gasteiger partial charge in [-0.3, -0.25) is 0 Å². The first-order chi connectivity index (χ1) is 8.28. The first kappa shape index (κ1) is 12.3. The Morgan fingerprint density at radius 3 is 2.76 bits per heavy atom. The van der Waals surface area contributed by atoms with Gasteiger partial charge in [-0.2, -0.15) is 0 Å². The Bertz CT molecular complexity index is 331. The summed E-state index contributed by atoms with van der Waals surface area (Å²) in [5.74, 6) is 0.749. The summed E-state index contributed by atoms with van der Waals surface area (Å²) in [7, 11) is 4.09. The van der Waals surface area contributed by atoms with Gasteiger partial charge >= 0.3 is 0 Å². The average molecular weight is 235 g/mol. The van der Waals surface area contributed by atoms with Gasteiger partial charge < -0.3 is 15.0 Å². The summed E-state index contributed by atoms with van der Waals surface area (Å²) >= 11 is 0. The zero-order valence-electron chi connectivity index (χ0n) is 10.6. The van der Waals surface area contributed by atoms with Crippen molar-refractivity contribution < 1.29 is 4.74 Å². The summed E-state index contributed by atoms with van der Waals surface area (Å²) in [4.78, 5) is 6.67. The summed E-state index contributed by atoms with van der Waals surface area (Å²) in [6, 6.07) is 4.03. The number of nitrogens with one attached hydrogen (secondary N) is 1. The van der Waals surface area contributed by atoms with E-state index >= 15 is 0 Å². The molecule has 1 aromatic heterocycles. The number of ether oxygens (including phenoxy) is 1. The van der Waals surface area contributed by atoms with E-state index in [0.717, 1.165) is 38.4 Å². The molecule has 4 nitrogen and oxygen atoms in total. The third-order valence-electron chi connectivity index (χ3n) is 3.13. The highest BCUT2D eigenvalue weighted by Gasteiger charge is 2.18. The van der Waals surface area contributed by atoms with Gasteiger partial charge in [0.2, 0.25) is 5.88 Å². The Morgan fingerprint density at radius 2 is 2.18 bits per heavy atom. The van der Waals surface area contributed by atoms with Gasteiger partial charge in [-0.05, 0) is 32.5 Å². The molecule has 0 radical (unpaired) electrons. The quantitative estimate of drug-likeness (QED) is 0.853. The average Bonchev–Trinajstić information content (AvgIpc) is 2.35. The molecular weight excluding hydrogens is 214 g/mol. The lowest BCUT2D eigenvalue weighted by Crippen LogP contribution is -2.35. The van der Waals surface area contributed by atoms with Crippen molar-refractivity contribution in [3.05, 3.63) is 23.9 Å². The summed E-state index contributed by atoms with van der Waals surface area (Å²) in [5, 5.41) is 3.10. The maximum absolute atomic E-state index is 5.88. The molecule has 0 bridgehead atoms. The van der Waals surface area contributed by atoms with Gasteiger partial charge in [0.05, 0.1) is 0 Å². The Hall–Kier alpha value is -1.13. The molecule has 94 valence electrons. The van der Waals surface area contributed by atoms with Gasteiger partial charge in [-0.25, -0.2) is 4.98 Å². The molecule has 0 unspecified atom stereocenters. The fraction of sp³-hybridized carbons (Fsp3) is 0.615. The van der Waals surface area contributed by atoms with Crippen molar-refractivity contribution in [1.29, 1.82) is 0 Å². The number of hydrogen-bond acceptors (Lipinski definition) is 4. The highest BCUT2D eigenvalue weighted by Crippen LogP contribution is 2.16. The third-order valence-corrected chi connectivity index (χ3v) is 3.13. The van der Waals surface area contributed by atoms with Crippen molar-refractivity contribution in [2.75, 3.05) is 27.2 Å². The van der Waals surface area contributed by atoms with Gasteiger partial charge in [0, 0.05) is 31.9 Å². The predicted octanol–water partition coefficient (Wildman–Crippen LogP) is 1.27. The van der Waals surface area contributed by atoms with E-state index in [2.05, 4.69) is 28.3 Å².